The monoisotopic (exact) mass is 540 g/mol. The molecule has 4 rings (SSSR count). The molecule has 0 spiro atoms. The zero-order valence-electron chi connectivity index (χ0n) is 24.3. The summed E-state index contributed by atoms with van der Waals surface area (Å²) in [5, 5.41) is 0.0543. The maximum atomic E-state index is 7.08. The Kier molecular flexibility index (Phi) is 9.05. The molecule has 2 aromatic carbocycles. The van der Waals surface area contributed by atoms with Crippen LogP contribution in [-0.2, 0) is 25.1 Å². The second-order valence-corrected chi connectivity index (χ2v) is 16.5. The predicted octanol–water partition coefficient (Wildman–Crippen LogP) is 7.25. The summed E-state index contributed by atoms with van der Waals surface area (Å²) in [5.74, 6) is 1.91. The Morgan fingerprint density at radius 1 is 0.895 bits per heavy atom. The van der Waals surface area contributed by atoms with Crippen LogP contribution in [-0.4, -0.2) is 49.3 Å². The molecule has 7 heteroatoms. The van der Waals surface area contributed by atoms with Gasteiger partial charge in [0.2, 0.25) is 0 Å². The minimum absolute atomic E-state index is 0.0543. The number of methoxy groups -OCH3 is 3. The number of allylic oxidation sites excluding steroid dienone is 1. The third-order valence-electron chi connectivity index (χ3n) is 8.31. The van der Waals surface area contributed by atoms with Gasteiger partial charge in [-0.2, -0.15) is 0 Å². The minimum Gasteiger partial charge on any atom is -0.467 e. The van der Waals surface area contributed by atoms with Crippen molar-refractivity contribution in [2.24, 2.45) is 0 Å². The van der Waals surface area contributed by atoms with Crippen LogP contribution in [0.5, 0.6) is 11.5 Å². The predicted molar refractivity (Wildman–Crippen MR) is 153 cm³/mol. The summed E-state index contributed by atoms with van der Waals surface area (Å²) in [6.45, 7) is 11.8. The van der Waals surface area contributed by atoms with Crippen LogP contribution >= 0.6 is 0 Å². The van der Waals surface area contributed by atoms with E-state index in [9.17, 15) is 0 Å². The third kappa shape index (κ3) is 5.72. The lowest BCUT2D eigenvalue weighted by atomic mass is 9.72. The lowest BCUT2D eigenvalue weighted by Crippen LogP contribution is -2.45. The van der Waals surface area contributed by atoms with Crippen molar-refractivity contribution in [1.82, 2.24) is 0 Å². The van der Waals surface area contributed by atoms with Gasteiger partial charge in [-0.1, -0.05) is 45.0 Å². The van der Waals surface area contributed by atoms with Gasteiger partial charge in [0.1, 0.15) is 23.7 Å². The van der Waals surface area contributed by atoms with Gasteiger partial charge in [0.05, 0.1) is 0 Å². The molecule has 0 amide bonds. The lowest BCUT2D eigenvalue weighted by Gasteiger charge is -2.44. The average Bonchev–Trinajstić information content (AvgIpc) is 2.89. The Balaban J connectivity index is 1.84. The Morgan fingerprint density at radius 2 is 1.55 bits per heavy atom. The first-order chi connectivity index (χ1) is 18.1. The largest absolute Gasteiger partial charge is 0.467 e. The average molecular weight is 541 g/mol. The van der Waals surface area contributed by atoms with E-state index in [2.05, 4.69) is 64.2 Å². The molecule has 6 nitrogen and oxygen atoms in total. The third-order valence-corrected chi connectivity index (χ3v) is 12.8. The number of hydrogen-bond donors (Lipinski definition) is 0. The van der Waals surface area contributed by atoms with Crippen molar-refractivity contribution in [3.8, 4) is 11.5 Å². The highest BCUT2D eigenvalue weighted by molar-refractivity contribution is 6.74. The number of hydrogen-bond acceptors (Lipinski definition) is 6. The van der Waals surface area contributed by atoms with E-state index in [1.54, 1.807) is 21.3 Å². The van der Waals surface area contributed by atoms with Crippen molar-refractivity contribution in [3.63, 3.8) is 0 Å². The Labute approximate surface area is 229 Å². The minimum atomic E-state index is -2.14. The van der Waals surface area contributed by atoms with Gasteiger partial charge in [-0.3, -0.25) is 0 Å². The van der Waals surface area contributed by atoms with E-state index in [1.165, 1.54) is 16.7 Å². The zero-order valence-corrected chi connectivity index (χ0v) is 25.3. The number of fused-ring (bicyclic) bond motifs is 2. The van der Waals surface area contributed by atoms with Gasteiger partial charge >= 0.3 is 0 Å². The quantitative estimate of drug-likeness (QED) is 0.234. The van der Waals surface area contributed by atoms with Crippen molar-refractivity contribution in [2.75, 3.05) is 34.9 Å². The molecule has 3 atom stereocenters. The molecule has 0 saturated heterocycles. The van der Waals surface area contributed by atoms with E-state index in [1.807, 2.05) is 12.1 Å². The molecule has 2 aliphatic carbocycles. The van der Waals surface area contributed by atoms with Crippen molar-refractivity contribution in [2.45, 2.75) is 76.3 Å². The summed E-state index contributed by atoms with van der Waals surface area (Å²) in [6.07, 6.45) is 4.92. The molecule has 0 fully saturated rings. The number of benzene rings is 2. The fourth-order valence-electron chi connectivity index (χ4n) is 5.37. The molecule has 208 valence electrons. The van der Waals surface area contributed by atoms with Gasteiger partial charge in [-0.15, -0.1) is 0 Å². The van der Waals surface area contributed by atoms with Crippen LogP contribution in [0.15, 0.2) is 42.5 Å². The van der Waals surface area contributed by atoms with Crippen molar-refractivity contribution in [1.29, 1.82) is 0 Å². The molecule has 0 saturated carbocycles. The summed E-state index contributed by atoms with van der Waals surface area (Å²) in [7, 11) is 2.93. The summed E-state index contributed by atoms with van der Waals surface area (Å²) in [6, 6.07) is 12.7. The van der Waals surface area contributed by atoms with E-state index in [-0.39, 0.29) is 36.7 Å². The van der Waals surface area contributed by atoms with E-state index in [0.29, 0.717) is 0 Å². The zero-order chi connectivity index (χ0) is 27.5. The van der Waals surface area contributed by atoms with E-state index >= 15 is 0 Å². The highest BCUT2D eigenvalue weighted by atomic mass is 28.4. The maximum absolute atomic E-state index is 7.08. The fourth-order valence-corrected chi connectivity index (χ4v) is 6.61. The van der Waals surface area contributed by atoms with E-state index in [0.717, 1.165) is 41.9 Å². The van der Waals surface area contributed by atoms with E-state index in [4.69, 9.17) is 28.1 Å². The molecule has 0 N–H and O–H groups in total. The van der Waals surface area contributed by atoms with Crippen LogP contribution in [0, 0.1) is 0 Å². The molecule has 0 unspecified atom stereocenters. The highest BCUT2D eigenvalue weighted by Gasteiger charge is 2.44. The molecule has 38 heavy (non-hydrogen) atoms. The van der Waals surface area contributed by atoms with Crippen molar-refractivity contribution in [3.05, 3.63) is 64.7 Å². The van der Waals surface area contributed by atoms with Gasteiger partial charge in [0.15, 0.2) is 21.9 Å². The van der Waals surface area contributed by atoms with Crippen LogP contribution in [0.4, 0.5) is 0 Å². The standard InChI is InChI=1S/C31H44O6Si/c1-31(2,3)38(7,8)37-30-28(34-6)18-25(24-15-11-17-27(29(24)30)36-20-33-5)22-12-9-14-23-21(22)13-10-16-26(23)35-19-32-4/h10-11,13,15-18,22,28,30H,9,12,14,19-20H2,1-8H3/t22-,28-,30+/m1/s1. The van der Waals surface area contributed by atoms with Crippen LogP contribution in [0.3, 0.4) is 0 Å². The van der Waals surface area contributed by atoms with Gasteiger partial charge in [-0.25, -0.2) is 0 Å². The Bertz CT molecular complexity index is 1140. The van der Waals surface area contributed by atoms with Crippen LogP contribution < -0.4 is 9.47 Å². The van der Waals surface area contributed by atoms with Crippen molar-refractivity contribution < 1.29 is 28.1 Å². The molecule has 0 aromatic heterocycles. The van der Waals surface area contributed by atoms with Gasteiger partial charge in [0, 0.05) is 32.8 Å². The molecule has 2 aliphatic rings. The molecule has 0 bridgehead atoms. The van der Waals surface area contributed by atoms with Crippen LogP contribution in [0.2, 0.25) is 18.1 Å². The van der Waals surface area contributed by atoms with Crippen molar-refractivity contribution >= 4 is 13.9 Å². The summed E-state index contributed by atoms with van der Waals surface area (Å²) >= 11 is 0. The molecule has 0 radical (unpaired) electrons. The molecular weight excluding hydrogens is 496 g/mol. The second-order valence-electron chi connectivity index (χ2n) is 11.7. The molecule has 0 heterocycles. The molecule has 2 aromatic rings. The van der Waals surface area contributed by atoms with Gasteiger partial charge < -0.3 is 28.1 Å². The normalized spacial score (nSPS) is 21.4. The highest BCUT2D eigenvalue weighted by Crippen LogP contribution is 2.52. The van der Waals surface area contributed by atoms with E-state index < -0.39 is 8.32 Å². The van der Waals surface area contributed by atoms with Gasteiger partial charge in [-0.05, 0) is 77.9 Å². The first kappa shape index (κ1) is 28.8. The first-order valence-electron chi connectivity index (χ1n) is 13.5. The Hall–Kier alpha value is -2.16. The van der Waals surface area contributed by atoms with Crippen LogP contribution in [0.1, 0.15) is 67.9 Å². The SMILES string of the molecule is COCOc1cccc2c1CCC[C@H]2C1=C[C@@H](OC)[C@H](O[Si](C)(C)C(C)(C)C)c2c(OCOC)cccc21. The first-order valence-corrected chi connectivity index (χ1v) is 16.4. The summed E-state index contributed by atoms with van der Waals surface area (Å²) < 4.78 is 35.8. The number of ether oxygens (including phenoxy) is 5. The van der Waals surface area contributed by atoms with Gasteiger partial charge in [0.25, 0.3) is 0 Å². The Morgan fingerprint density at radius 3 is 2.21 bits per heavy atom. The fraction of sp³-hybridized carbons (Fsp3) is 0.548. The summed E-state index contributed by atoms with van der Waals surface area (Å²) in [4.78, 5) is 0. The molecular formula is C31H44O6Si. The topological polar surface area (TPSA) is 55.4 Å². The number of rotatable bonds is 10. The summed E-state index contributed by atoms with van der Waals surface area (Å²) in [5.41, 5.74) is 6.05. The van der Waals surface area contributed by atoms with Crippen LogP contribution in [0.25, 0.3) is 5.57 Å². The second kappa shape index (κ2) is 11.9. The maximum Gasteiger partial charge on any atom is 0.193 e. The lowest BCUT2D eigenvalue weighted by molar-refractivity contribution is 0.0146. The molecule has 0 aliphatic heterocycles. The smallest absolute Gasteiger partial charge is 0.193 e.